The maximum atomic E-state index is 12.3. The van der Waals surface area contributed by atoms with E-state index in [1.54, 1.807) is 24.0 Å². The van der Waals surface area contributed by atoms with Crippen molar-refractivity contribution in [2.45, 2.75) is 17.6 Å². The van der Waals surface area contributed by atoms with Gasteiger partial charge in [-0.25, -0.2) is 13.1 Å². The SMILES string of the molecule is Cc1ccc(-n2ccc(CS(=O)(=O)c3cnn(C)c3)n2)cc1. The molecule has 2 heterocycles. The minimum atomic E-state index is -3.43. The van der Waals surface area contributed by atoms with E-state index in [0.717, 1.165) is 11.3 Å². The minimum absolute atomic E-state index is 0.141. The van der Waals surface area contributed by atoms with Crippen molar-refractivity contribution in [3.63, 3.8) is 0 Å². The van der Waals surface area contributed by atoms with E-state index in [0.29, 0.717) is 5.69 Å². The van der Waals surface area contributed by atoms with E-state index >= 15 is 0 Å². The molecule has 6 nitrogen and oxygen atoms in total. The number of aryl methyl sites for hydroxylation is 2. The quantitative estimate of drug-likeness (QED) is 0.737. The molecule has 0 unspecified atom stereocenters. The molecule has 0 saturated carbocycles. The summed E-state index contributed by atoms with van der Waals surface area (Å²) < 4.78 is 27.7. The zero-order chi connectivity index (χ0) is 15.7. The third-order valence-corrected chi connectivity index (χ3v) is 4.93. The third-order valence-electron chi connectivity index (χ3n) is 3.32. The summed E-state index contributed by atoms with van der Waals surface area (Å²) in [7, 11) is -1.74. The molecule has 0 amide bonds. The highest BCUT2D eigenvalue weighted by Crippen LogP contribution is 2.16. The second-order valence-corrected chi connectivity index (χ2v) is 7.19. The Hall–Kier alpha value is -2.41. The maximum Gasteiger partial charge on any atom is 0.187 e. The first-order valence-corrected chi connectivity index (χ1v) is 8.42. The van der Waals surface area contributed by atoms with Gasteiger partial charge in [-0.3, -0.25) is 4.68 Å². The number of benzene rings is 1. The minimum Gasteiger partial charge on any atom is -0.274 e. The van der Waals surface area contributed by atoms with Crippen LogP contribution in [0.4, 0.5) is 0 Å². The molecule has 22 heavy (non-hydrogen) atoms. The molecule has 7 heteroatoms. The maximum absolute atomic E-state index is 12.3. The van der Waals surface area contributed by atoms with E-state index in [4.69, 9.17) is 0 Å². The van der Waals surface area contributed by atoms with Gasteiger partial charge in [0, 0.05) is 19.4 Å². The van der Waals surface area contributed by atoms with Gasteiger partial charge < -0.3 is 0 Å². The van der Waals surface area contributed by atoms with E-state index in [-0.39, 0.29) is 10.6 Å². The summed E-state index contributed by atoms with van der Waals surface area (Å²) in [6.45, 7) is 2.01. The molecule has 0 aliphatic rings. The average Bonchev–Trinajstić information content (AvgIpc) is 3.09. The Bertz CT molecular complexity index is 892. The summed E-state index contributed by atoms with van der Waals surface area (Å²) in [6.07, 6.45) is 4.61. The second kappa shape index (κ2) is 5.42. The third kappa shape index (κ3) is 2.94. The Morgan fingerprint density at radius 1 is 1.14 bits per heavy atom. The lowest BCUT2D eigenvalue weighted by Gasteiger charge is -2.02. The van der Waals surface area contributed by atoms with Crippen molar-refractivity contribution < 1.29 is 8.42 Å². The van der Waals surface area contributed by atoms with Crippen LogP contribution < -0.4 is 0 Å². The van der Waals surface area contributed by atoms with Crippen LogP contribution in [-0.2, 0) is 22.6 Å². The van der Waals surface area contributed by atoms with E-state index in [1.165, 1.54) is 17.1 Å². The van der Waals surface area contributed by atoms with Crippen LogP contribution in [0.25, 0.3) is 5.69 Å². The second-order valence-electron chi connectivity index (χ2n) is 5.20. The monoisotopic (exact) mass is 316 g/mol. The van der Waals surface area contributed by atoms with Crippen LogP contribution in [-0.4, -0.2) is 28.0 Å². The Morgan fingerprint density at radius 2 is 1.86 bits per heavy atom. The average molecular weight is 316 g/mol. The predicted octanol–water partition coefficient (Wildman–Crippen LogP) is 1.89. The van der Waals surface area contributed by atoms with Crippen molar-refractivity contribution in [2.75, 3.05) is 0 Å². The first kappa shape index (κ1) is 14.5. The zero-order valence-corrected chi connectivity index (χ0v) is 13.2. The topological polar surface area (TPSA) is 69.8 Å². The number of sulfone groups is 1. The lowest BCUT2D eigenvalue weighted by molar-refractivity contribution is 0.594. The van der Waals surface area contributed by atoms with Crippen LogP contribution in [0.1, 0.15) is 11.3 Å². The van der Waals surface area contributed by atoms with Crippen LogP contribution in [0.15, 0.2) is 53.8 Å². The summed E-state index contributed by atoms with van der Waals surface area (Å²) in [6, 6.07) is 9.59. The summed E-state index contributed by atoms with van der Waals surface area (Å²) >= 11 is 0. The van der Waals surface area contributed by atoms with E-state index in [9.17, 15) is 8.42 Å². The van der Waals surface area contributed by atoms with Crippen LogP contribution in [0.5, 0.6) is 0 Å². The molecular formula is C15H16N4O2S. The normalized spacial score (nSPS) is 11.7. The van der Waals surface area contributed by atoms with Crippen LogP contribution >= 0.6 is 0 Å². The van der Waals surface area contributed by atoms with Gasteiger partial charge in [0.2, 0.25) is 0 Å². The molecule has 0 atom stereocenters. The molecule has 2 aromatic heterocycles. The fraction of sp³-hybridized carbons (Fsp3) is 0.200. The molecule has 0 aliphatic heterocycles. The molecule has 3 aromatic rings. The molecule has 0 spiro atoms. The number of rotatable bonds is 4. The molecule has 0 radical (unpaired) electrons. The molecule has 1 aromatic carbocycles. The first-order chi connectivity index (χ1) is 10.4. The van der Waals surface area contributed by atoms with Gasteiger partial charge in [-0.2, -0.15) is 10.2 Å². The van der Waals surface area contributed by atoms with Crippen LogP contribution in [0.2, 0.25) is 0 Å². The van der Waals surface area contributed by atoms with Gasteiger partial charge in [0.1, 0.15) is 4.90 Å². The van der Waals surface area contributed by atoms with Crippen molar-refractivity contribution in [3.8, 4) is 5.69 Å². The molecule has 0 saturated heterocycles. The van der Waals surface area contributed by atoms with Gasteiger partial charge in [-0.05, 0) is 25.1 Å². The number of hydrogen-bond acceptors (Lipinski definition) is 4. The van der Waals surface area contributed by atoms with Crippen molar-refractivity contribution in [1.29, 1.82) is 0 Å². The Balaban J connectivity index is 1.84. The zero-order valence-electron chi connectivity index (χ0n) is 12.3. The highest BCUT2D eigenvalue weighted by Gasteiger charge is 2.18. The highest BCUT2D eigenvalue weighted by molar-refractivity contribution is 7.90. The number of nitrogens with zero attached hydrogens (tertiary/aromatic N) is 4. The fourth-order valence-electron chi connectivity index (χ4n) is 2.12. The van der Waals surface area contributed by atoms with Crippen molar-refractivity contribution >= 4 is 9.84 Å². The Labute approximate surface area is 128 Å². The van der Waals surface area contributed by atoms with Crippen LogP contribution in [0, 0.1) is 6.92 Å². The molecule has 0 fully saturated rings. The van der Waals surface area contributed by atoms with Crippen molar-refractivity contribution in [1.82, 2.24) is 19.6 Å². The molecule has 3 rings (SSSR count). The lowest BCUT2D eigenvalue weighted by atomic mass is 10.2. The van der Waals surface area contributed by atoms with Gasteiger partial charge in [0.15, 0.2) is 9.84 Å². The Morgan fingerprint density at radius 3 is 2.50 bits per heavy atom. The van der Waals surface area contributed by atoms with Gasteiger partial charge in [-0.15, -0.1) is 0 Å². The molecule has 0 bridgehead atoms. The van der Waals surface area contributed by atoms with Gasteiger partial charge in [-0.1, -0.05) is 17.7 Å². The van der Waals surface area contributed by atoms with E-state index < -0.39 is 9.84 Å². The Kier molecular flexibility index (Phi) is 3.58. The molecular weight excluding hydrogens is 300 g/mol. The standard InChI is InChI=1S/C15H16N4O2S/c1-12-3-5-14(6-4-12)19-8-7-13(17-19)11-22(20,21)15-9-16-18(2)10-15/h3-10H,11H2,1-2H3. The summed E-state index contributed by atoms with van der Waals surface area (Å²) in [5.41, 5.74) is 2.57. The molecule has 114 valence electrons. The van der Waals surface area contributed by atoms with Gasteiger partial charge >= 0.3 is 0 Å². The van der Waals surface area contributed by atoms with Crippen molar-refractivity contribution in [3.05, 3.63) is 60.2 Å². The predicted molar refractivity (Wildman–Crippen MR) is 82.4 cm³/mol. The van der Waals surface area contributed by atoms with E-state index in [1.807, 2.05) is 31.2 Å². The number of hydrogen-bond donors (Lipinski definition) is 0. The van der Waals surface area contributed by atoms with Gasteiger partial charge in [0.05, 0.1) is 23.3 Å². The van der Waals surface area contributed by atoms with Crippen molar-refractivity contribution in [2.24, 2.45) is 7.05 Å². The first-order valence-electron chi connectivity index (χ1n) is 6.77. The smallest absolute Gasteiger partial charge is 0.187 e. The molecule has 0 N–H and O–H groups in total. The summed E-state index contributed by atoms with van der Waals surface area (Å²) in [4.78, 5) is 0.208. The van der Waals surface area contributed by atoms with E-state index in [2.05, 4.69) is 10.2 Å². The largest absolute Gasteiger partial charge is 0.274 e. The summed E-state index contributed by atoms with van der Waals surface area (Å²) in [5, 5.41) is 8.24. The summed E-state index contributed by atoms with van der Waals surface area (Å²) in [5.74, 6) is -0.141. The highest BCUT2D eigenvalue weighted by atomic mass is 32.2. The fourth-order valence-corrected chi connectivity index (χ4v) is 3.35. The van der Waals surface area contributed by atoms with Gasteiger partial charge in [0.25, 0.3) is 0 Å². The number of aromatic nitrogens is 4. The lowest BCUT2D eigenvalue weighted by Crippen LogP contribution is -2.05. The van der Waals surface area contributed by atoms with Crippen LogP contribution in [0.3, 0.4) is 0 Å². The molecule has 0 aliphatic carbocycles.